The van der Waals surface area contributed by atoms with E-state index in [0.717, 1.165) is 0 Å². The lowest BCUT2D eigenvalue weighted by Gasteiger charge is -1.65. The minimum Gasteiger partial charge on any atom is -1.00 e. The van der Waals surface area contributed by atoms with E-state index < -0.39 is 0 Å². The molecule has 0 bridgehead atoms. The van der Waals surface area contributed by atoms with Gasteiger partial charge in [-0.15, -0.1) is 0 Å². The Morgan fingerprint density at radius 3 is 1.12 bits per heavy atom. The Morgan fingerprint density at radius 2 is 1.06 bits per heavy atom. The number of aromatic amines is 4. The van der Waals surface area contributed by atoms with E-state index in [0.29, 0.717) is 23.8 Å². The summed E-state index contributed by atoms with van der Waals surface area (Å²) >= 11 is 0. The van der Waals surface area contributed by atoms with Crippen molar-refractivity contribution >= 4 is 23.8 Å². The summed E-state index contributed by atoms with van der Waals surface area (Å²) in [7, 11) is 0. The summed E-state index contributed by atoms with van der Waals surface area (Å²) in [4.78, 5) is 5.06. The van der Waals surface area contributed by atoms with E-state index in [-0.39, 0.29) is 30.3 Å². The van der Waals surface area contributed by atoms with Gasteiger partial charge >= 0.3 is 23.8 Å². The maximum Gasteiger partial charge on any atom is 0.343 e. The topological polar surface area (TPSA) is 221 Å². The fraction of sp³-hybridized carbons (Fsp3) is 0. The monoisotopic (exact) mass is 288 g/mol. The standard InChI is InChI=1S/2C2H5N5.2ClH.H2O/c2*3-1-5-2(4)7-6-1;;;/h2*(H5,3,4,5,6,7);2*1H;1H2. The molecule has 17 heavy (non-hydrogen) atoms. The van der Waals surface area contributed by atoms with E-state index in [2.05, 4.69) is 30.4 Å². The van der Waals surface area contributed by atoms with Crippen LogP contribution >= 0.6 is 0 Å². The molecule has 11 nitrogen and oxygen atoms in total. The number of rotatable bonds is 0. The smallest absolute Gasteiger partial charge is 0.343 e. The van der Waals surface area contributed by atoms with Gasteiger partial charge in [-0.05, 0) is 10.2 Å². The Balaban J connectivity index is -0.000000196. The van der Waals surface area contributed by atoms with E-state index in [1.807, 2.05) is 0 Å². The zero-order chi connectivity index (χ0) is 10.6. The van der Waals surface area contributed by atoms with Crippen LogP contribution in [0.15, 0.2) is 0 Å². The number of anilines is 4. The van der Waals surface area contributed by atoms with Crippen LogP contribution in [0.2, 0.25) is 0 Å². The van der Waals surface area contributed by atoms with Crippen LogP contribution in [0.4, 0.5) is 23.8 Å². The Hall–Kier alpha value is -1.98. The third kappa shape index (κ3) is 7.89. The molecule has 0 saturated carbocycles. The number of nitrogens with two attached hydrogens (primary N) is 4. The molecule has 0 aliphatic heterocycles. The van der Waals surface area contributed by atoms with Gasteiger partial charge in [0, 0.05) is 0 Å². The summed E-state index contributed by atoms with van der Waals surface area (Å²) in [5, 5.41) is 11.8. The van der Waals surface area contributed by atoms with Crippen molar-refractivity contribution in [2.24, 2.45) is 0 Å². The van der Waals surface area contributed by atoms with Crippen molar-refractivity contribution in [3.8, 4) is 0 Å². The minimum absolute atomic E-state index is 0. The molecule has 0 radical (unpaired) electrons. The minimum atomic E-state index is 0. The average Bonchev–Trinajstić information content (AvgIpc) is 2.63. The summed E-state index contributed by atoms with van der Waals surface area (Å²) in [5.74, 6) is 1.35. The molecular formula is C4H14Cl2N10O. The first kappa shape index (κ1) is 20.4. The van der Waals surface area contributed by atoms with Gasteiger partial charge < -0.3 is 53.2 Å². The van der Waals surface area contributed by atoms with Crippen molar-refractivity contribution < 1.29 is 40.3 Å². The van der Waals surface area contributed by atoms with Crippen LogP contribution in [0.25, 0.3) is 0 Å². The lowest BCUT2D eigenvalue weighted by molar-refractivity contribution is -0.342. The fourth-order valence-electron chi connectivity index (χ4n) is 0.629. The maximum atomic E-state index is 5.12. The van der Waals surface area contributed by atoms with Crippen molar-refractivity contribution in [3.63, 3.8) is 0 Å². The predicted molar refractivity (Wildman–Crippen MR) is 51.6 cm³/mol. The van der Waals surface area contributed by atoms with Crippen LogP contribution in [0.5, 0.6) is 0 Å². The molecule has 2 rings (SSSR count). The van der Waals surface area contributed by atoms with Crippen molar-refractivity contribution in [2.75, 3.05) is 22.9 Å². The fourth-order valence-corrected chi connectivity index (χ4v) is 0.629. The van der Waals surface area contributed by atoms with Gasteiger partial charge in [0.25, 0.3) is 0 Å². The van der Waals surface area contributed by atoms with Crippen LogP contribution in [-0.2, 0) is 0 Å². The molecule has 0 spiro atoms. The number of H-pyrrole nitrogens is 4. The molecule has 2 heterocycles. The van der Waals surface area contributed by atoms with Crippen LogP contribution in [-0.4, -0.2) is 25.9 Å². The molecule has 2 aromatic heterocycles. The second-order valence-electron chi connectivity index (χ2n) is 2.30. The normalized spacial score (nSPS) is 7.53. The summed E-state index contributed by atoms with van der Waals surface area (Å²) < 4.78 is 0. The van der Waals surface area contributed by atoms with E-state index in [1.165, 1.54) is 0 Å². The molecule has 2 aromatic rings. The van der Waals surface area contributed by atoms with Crippen molar-refractivity contribution in [2.45, 2.75) is 0 Å². The Labute approximate surface area is 108 Å². The van der Waals surface area contributed by atoms with Gasteiger partial charge in [-0.1, -0.05) is 0 Å². The number of nitrogens with one attached hydrogen (secondary N) is 4. The van der Waals surface area contributed by atoms with Gasteiger partial charge in [-0.25, -0.2) is 9.97 Å². The highest BCUT2D eigenvalue weighted by Crippen LogP contribution is 1.80. The van der Waals surface area contributed by atoms with Gasteiger partial charge in [0.05, 0.1) is 0 Å². The molecular weight excluding hydrogens is 275 g/mol. The van der Waals surface area contributed by atoms with E-state index >= 15 is 0 Å². The van der Waals surface area contributed by atoms with Crippen LogP contribution < -0.4 is 57.7 Å². The quantitative estimate of drug-likeness (QED) is 0.276. The highest BCUT2D eigenvalue weighted by Gasteiger charge is 1.95. The number of aromatic nitrogens is 6. The molecule has 14 N–H and O–H groups in total. The third-order valence-electron chi connectivity index (χ3n) is 1.12. The largest absolute Gasteiger partial charge is 1.00 e. The Kier molecular flexibility index (Phi) is 11.1. The van der Waals surface area contributed by atoms with Crippen molar-refractivity contribution in [1.29, 1.82) is 0 Å². The highest BCUT2D eigenvalue weighted by atomic mass is 35.5. The molecule has 0 amide bonds. The maximum absolute atomic E-state index is 5.12. The van der Waals surface area contributed by atoms with Crippen molar-refractivity contribution in [1.82, 2.24) is 20.4 Å². The molecule has 0 aliphatic carbocycles. The summed E-state index contributed by atoms with van der Waals surface area (Å²) in [5.41, 5.74) is 20.5. The van der Waals surface area contributed by atoms with Crippen molar-refractivity contribution in [3.05, 3.63) is 0 Å². The van der Waals surface area contributed by atoms with E-state index in [4.69, 9.17) is 22.9 Å². The molecule has 100 valence electrons. The number of nitrogens with zero attached hydrogens (tertiary/aromatic N) is 2. The average molecular weight is 289 g/mol. The summed E-state index contributed by atoms with van der Waals surface area (Å²) in [6.07, 6.45) is 0. The lowest BCUT2D eigenvalue weighted by Crippen LogP contribution is -3.00. The second kappa shape index (κ2) is 9.26. The Bertz CT molecular complexity index is 329. The number of hydrogen-bond acceptors (Lipinski definition) is 6. The number of nitrogen functional groups attached to an aromatic ring is 4. The summed E-state index contributed by atoms with van der Waals surface area (Å²) in [6, 6.07) is 0. The first-order chi connectivity index (χ1) is 6.58. The molecule has 13 heteroatoms. The molecule has 0 saturated heterocycles. The van der Waals surface area contributed by atoms with E-state index in [1.54, 1.807) is 0 Å². The Morgan fingerprint density at radius 1 is 0.765 bits per heavy atom. The molecule has 0 fully saturated rings. The van der Waals surface area contributed by atoms with Gasteiger partial charge in [-0.3, -0.25) is 0 Å². The molecule has 0 aliphatic rings. The summed E-state index contributed by atoms with van der Waals surface area (Å²) in [6.45, 7) is 0. The predicted octanol–water partition coefficient (Wildman–Crippen LogP) is -10.0. The zero-order valence-electron chi connectivity index (χ0n) is 8.46. The van der Waals surface area contributed by atoms with Gasteiger partial charge in [0.1, 0.15) is 0 Å². The van der Waals surface area contributed by atoms with Gasteiger partial charge in [0.2, 0.25) is 0 Å². The second-order valence-corrected chi connectivity index (χ2v) is 2.30. The molecule has 0 unspecified atom stereocenters. The SMILES string of the molecule is Nc1n[nH]c(N)[nH+]1.Nc1n[nH]c(N)[nH+]1.O.[Cl-].[Cl-]. The van der Waals surface area contributed by atoms with E-state index in [9.17, 15) is 0 Å². The number of halogens is 2. The molecule has 0 aromatic carbocycles. The zero-order valence-corrected chi connectivity index (χ0v) is 9.97. The lowest BCUT2D eigenvalue weighted by atomic mass is 11.0. The van der Waals surface area contributed by atoms with Crippen LogP contribution in [0.3, 0.4) is 0 Å². The number of hydrogen-bond donors (Lipinski definition) is 6. The first-order valence-electron chi connectivity index (χ1n) is 3.55. The van der Waals surface area contributed by atoms with Gasteiger partial charge in [-0.2, -0.15) is 10.2 Å². The van der Waals surface area contributed by atoms with Crippen LogP contribution in [0.1, 0.15) is 0 Å². The van der Waals surface area contributed by atoms with Crippen LogP contribution in [0, 0.1) is 0 Å². The highest BCUT2D eigenvalue weighted by molar-refractivity contribution is 5.10. The first-order valence-corrected chi connectivity index (χ1v) is 3.55. The molecule has 0 atom stereocenters. The van der Waals surface area contributed by atoms with Gasteiger partial charge in [0.15, 0.2) is 0 Å². The third-order valence-corrected chi connectivity index (χ3v) is 1.12.